The summed E-state index contributed by atoms with van der Waals surface area (Å²) in [5.74, 6) is 1.35. The number of aromatic hydroxyl groups is 1. The van der Waals surface area contributed by atoms with Crippen molar-refractivity contribution in [2.24, 2.45) is 0 Å². The Kier molecular flexibility index (Phi) is 3.66. The van der Waals surface area contributed by atoms with Crippen LogP contribution in [-0.4, -0.2) is 10.7 Å². The van der Waals surface area contributed by atoms with E-state index >= 15 is 0 Å². The maximum Gasteiger partial charge on any atom is 0.123 e. The zero-order valence-electron chi connectivity index (χ0n) is 14.7. The lowest BCUT2D eigenvalue weighted by Gasteiger charge is -2.49. The van der Waals surface area contributed by atoms with Gasteiger partial charge in [-0.3, -0.25) is 0 Å². The Morgan fingerprint density at radius 3 is 2.48 bits per heavy atom. The highest BCUT2D eigenvalue weighted by atomic mass is 16.5. The van der Waals surface area contributed by atoms with Crippen LogP contribution < -0.4 is 4.74 Å². The van der Waals surface area contributed by atoms with Crippen LogP contribution in [0.3, 0.4) is 0 Å². The normalized spacial score (nSPS) is 22.3. The van der Waals surface area contributed by atoms with Gasteiger partial charge < -0.3 is 9.84 Å². The van der Waals surface area contributed by atoms with Crippen LogP contribution in [0.5, 0.6) is 11.5 Å². The number of phenolic OH excluding ortho intramolecular Hbond substituents is 1. The van der Waals surface area contributed by atoms with Crippen molar-refractivity contribution in [2.75, 3.05) is 0 Å². The van der Waals surface area contributed by atoms with E-state index in [1.54, 1.807) is 6.07 Å². The number of phenols is 1. The lowest BCUT2D eigenvalue weighted by molar-refractivity contribution is 0.00973. The van der Waals surface area contributed by atoms with E-state index in [0.717, 1.165) is 24.2 Å². The predicted octanol–water partition coefficient (Wildman–Crippen LogP) is 4.93. The summed E-state index contributed by atoms with van der Waals surface area (Å²) in [5, 5.41) is 9.85. The average Bonchev–Trinajstić information content (AvgIpc) is 2.50. The molecule has 1 aliphatic heterocycles. The second kappa shape index (κ2) is 5.30. The van der Waals surface area contributed by atoms with E-state index in [1.165, 1.54) is 16.7 Å². The predicted molar refractivity (Wildman–Crippen MR) is 94.4 cm³/mol. The SMILES string of the molecule is CCc1ccc2c(c1)CC(C)(c1ccc(O)c(C)c1)C(C)(C)O2. The Labute approximate surface area is 139 Å². The fourth-order valence-corrected chi connectivity index (χ4v) is 3.52. The van der Waals surface area contributed by atoms with Crippen LogP contribution in [0.2, 0.25) is 0 Å². The van der Waals surface area contributed by atoms with Gasteiger partial charge in [0.05, 0.1) is 0 Å². The molecule has 2 nitrogen and oxygen atoms in total. The summed E-state index contributed by atoms with van der Waals surface area (Å²) < 4.78 is 6.40. The average molecular weight is 310 g/mol. The summed E-state index contributed by atoms with van der Waals surface area (Å²) in [7, 11) is 0. The zero-order chi connectivity index (χ0) is 16.8. The zero-order valence-corrected chi connectivity index (χ0v) is 14.7. The highest BCUT2D eigenvalue weighted by Crippen LogP contribution is 2.47. The molecule has 0 saturated carbocycles. The minimum Gasteiger partial charge on any atom is -0.508 e. The third-order valence-corrected chi connectivity index (χ3v) is 5.61. The number of hydrogen-bond donors (Lipinski definition) is 1. The van der Waals surface area contributed by atoms with Gasteiger partial charge in [0.2, 0.25) is 0 Å². The van der Waals surface area contributed by atoms with E-state index < -0.39 is 0 Å². The first-order valence-corrected chi connectivity index (χ1v) is 8.38. The van der Waals surface area contributed by atoms with Crippen LogP contribution in [0, 0.1) is 6.92 Å². The maximum absolute atomic E-state index is 9.85. The van der Waals surface area contributed by atoms with Crippen molar-refractivity contribution in [1.82, 2.24) is 0 Å². The van der Waals surface area contributed by atoms with Crippen LogP contribution in [0.4, 0.5) is 0 Å². The molecule has 122 valence electrons. The highest BCUT2D eigenvalue weighted by Gasteiger charge is 2.48. The molecule has 3 rings (SSSR count). The summed E-state index contributed by atoms with van der Waals surface area (Å²) in [6.45, 7) is 10.7. The summed E-state index contributed by atoms with van der Waals surface area (Å²) in [6.07, 6.45) is 1.97. The molecule has 2 aromatic carbocycles. The lowest BCUT2D eigenvalue weighted by atomic mass is 9.65. The Hall–Kier alpha value is -1.96. The van der Waals surface area contributed by atoms with Gasteiger partial charge in [0.1, 0.15) is 17.1 Å². The highest BCUT2D eigenvalue weighted by molar-refractivity contribution is 5.47. The molecule has 1 atom stereocenters. The number of benzene rings is 2. The van der Waals surface area contributed by atoms with Crippen molar-refractivity contribution < 1.29 is 9.84 Å². The molecule has 1 unspecified atom stereocenters. The molecule has 0 aromatic heterocycles. The van der Waals surface area contributed by atoms with Gasteiger partial charge in [-0.1, -0.05) is 38.1 Å². The molecule has 23 heavy (non-hydrogen) atoms. The molecule has 0 saturated heterocycles. The van der Waals surface area contributed by atoms with Crippen LogP contribution in [0.15, 0.2) is 36.4 Å². The van der Waals surface area contributed by atoms with Crippen molar-refractivity contribution in [3.63, 3.8) is 0 Å². The van der Waals surface area contributed by atoms with Crippen LogP contribution in [-0.2, 0) is 18.3 Å². The Morgan fingerprint density at radius 1 is 1.09 bits per heavy atom. The number of hydrogen-bond acceptors (Lipinski definition) is 2. The largest absolute Gasteiger partial charge is 0.508 e. The van der Waals surface area contributed by atoms with Crippen LogP contribution >= 0.6 is 0 Å². The van der Waals surface area contributed by atoms with Gasteiger partial charge in [0.15, 0.2) is 0 Å². The van der Waals surface area contributed by atoms with E-state index in [0.29, 0.717) is 5.75 Å². The van der Waals surface area contributed by atoms with Crippen molar-refractivity contribution >= 4 is 0 Å². The van der Waals surface area contributed by atoms with Crippen molar-refractivity contribution in [2.45, 2.75) is 58.5 Å². The van der Waals surface area contributed by atoms with Crippen molar-refractivity contribution in [1.29, 1.82) is 0 Å². The van der Waals surface area contributed by atoms with E-state index in [-0.39, 0.29) is 11.0 Å². The quantitative estimate of drug-likeness (QED) is 0.852. The fourth-order valence-electron chi connectivity index (χ4n) is 3.52. The van der Waals surface area contributed by atoms with Crippen molar-refractivity contribution in [3.8, 4) is 11.5 Å². The maximum atomic E-state index is 9.85. The van der Waals surface area contributed by atoms with Crippen molar-refractivity contribution in [3.05, 3.63) is 58.7 Å². The van der Waals surface area contributed by atoms with Gasteiger partial charge in [-0.2, -0.15) is 0 Å². The van der Waals surface area contributed by atoms with E-state index in [9.17, 15) is 5.11 Å². The minimum atomic E-state index is -0.322. The molecule has 0 amide bonds. The third kappa shape index (κ3) is 2.50. The molecule has 0 fully saturated rings. The third-order valence-electron chi connectivity index (χ3n) is 5.61. The number of aryl methyl sites for hydroxylation is 2. The van der Waals surface area contributed by atoms with Gasteiger partial charge in [-0.25, -0.2) is 0 Å². The Bertz CT molecular complexity index is 746. The monoisotopic (exact) mass is 310 g/mol. The molecule has 0 radical (unpaired) electrons. The molecule has 1 aliphatic rings. The van der Waals surface area contributed by atoms with Crippen LogP contribution in [0.1, 0.15) is 49.9 Å². The first-order valence-electron chi connectivity index (χ1n) is 8.38. The Morgan fingerprint density at radius 2 is 1.83 bits per heavy atom. The molecule has 0 spiro atoms. The van der Waals surface area contributed by atoms with Gasteiger partial charge in [0, 0.05) is 5.41 Å². The first kappa shape index (κ1) is 15.9. The second-order valence-electron chi connectivity index (χ2n) is 7.42. The fraction of sp³-hybridized carbons (Fsp3) is 0.429. The summed E-state index contributed by atoms with van der Waals surface area (Å²) in [4.78, 5) is 0. The van der Waals surface area contributed by atoms with Crippen LogP contribution in [0.25, 0.3) is 0 Å². The lowest BCUT2D eigenvalue weighted by Crippen LogP contribution is -2.53. The summed E-state index contributed by atoms with van der Waals surface area (Å²) in [6, 6.07) is 12.5. The number of fused-ring (bicyclic) bond motifs is 1. The van der Waals surface area contributed by atoms with E-state index in [2.05, 4.69) is 52.0 Å². The van der Waals surface area contributed by atoms with E-state index in [4.69, 9.17) is 4.74 Å². The molecular weight excluding hydrogens is 284 g/mol. The summed E-state index contributed by atoms with van der Waals surface area (Å²) in [5.41, 5.74) is 4.27. The van der Waals surface area contributed by atoms with Gasteiger partial charge in [-0.15, -0.1) is 0 Å². The standard InChI is InChI=1S/C21H26O2/c1-6-15-7-10-19-16(12-15)13-21(5,20(3,4)23-19)17-8-9-18(22)14(2)11-17/h7-12,22H,6,13H2,1-5H3. The van der Waals surface area contributed by atoms with Gasteiger partial charge in [0.25, 0.3) is 0 Å². The molecule has 0 aliphatic carbocycles. The molecule has 1 heterocycles. The molecular formula is C21H26O2. The van der Waals surface area contributed by atoms with Gasteiger partial charge >= 0.3 is 0 Å². The molecule has 1 N–H and O–H groups in total. The minimum absolute atomic E-state index is 0.148. The van der Waals surface area contributed by atoms with E-state index in [1.807, 2.05) is 13.0 Å². The Balaban J connectivity index is 2.11. The second-order valence-corrected chi connectivity index (χ2v) is 7.42. The molecule has 0 bridgehead atoms. The topological polar surface area (TPSA) is 29.5 Å². The molecule has 2 heteroatoms. The smallest absolute Gasteiger partial charge is 0.123 e. The number of ether oxygens (including phenoxy) is 1. The van der Waals surface area contributed by atoms with Gasteiger partial charge in [-0.05, 0) is 68.0 Å². The molecule has 2 aromatic rings. The first-order chi connectivity index (χ1) is 10.8. The summed E-state index contributed by atoms with van der Waals surface area (Å²) >= 11 is 0. The number of rotatable bonds is 2.